The van der Waals surface area contributed by atoms with Crippen LogP contribution >= 0.6 is 0 Å². The van der Waals surface area contributed by atoms with E-state index in [-0.39, 0.29) is 0 Å². The third-order valence-electron chi connectivity index (χ3n) is 11.8. The summed E-state index contributed by atoms with van der Waals surface area (Å²) >= 11 is 0. The van der Waals surface area contributed by atoms with Crippen LogP contribution in [0.2, 0.25) is 0 Å². The van der Waals surface area contributed by atoms with Crippen molar-refractivity contribution in [2.75, 3.05) is 4.90 Å². The molecule has 1 aliphatic rings. The number of furan rings is 1. The lowest BCUT2D eigenvalue weighted by atomic mass is 9.90. The Morgan fingerprint density at radius 3 is 2.00 bits per heavy atom. The van der Waals surface area contributed by atoms with Crippen LogP contribution < -0.4 is 4.90 Å². The molecule has 9 aromatic carbocycles. The minimum absolute atomic E-state index is 0.294. The Bertz CT molecular complexity index is 3200. The predicted molar refractivity (Wildman–Crippen MR) is 245 cm³/mol. The number of hydrogen-bond donors (Lipinski definition) is 0. The molecule has 2 nitrogen and oxygen atoms in total. The van der Waals surface area contributed by atoms with Crippen molar-refractivity contribution in [2.45, 2.75) is 12.3 Å². The number of anilines is 2. The topological polar surface area (TPSA) is 16.4 Å². The summed E-state index contributed by atoms with van der Waals surface area (Å²) in [5.41, 5.74) is 13.7. The van der Waals surface area contributed by atoms with Crippen molar-refractivity contribution in [3.05, 3.63) is 230 Å². The Morgan fingerprint density at radius 1 is 0.448 bits per heavy atom. The zero-order valence-electron chi connectivity index (χ0n) is 31.9. The van der Waals surface area contributed by atoms with E-state index in [1.807, 2.05) is 0 Å². The molecule has 0 radical (unpaired) electrons. The maximum atomic E-state index is 6.53. The lowest BCUT2D eigenvalue weighted by Crippen LogP contribution is -2.18. The van der Waals surface area contributed by atoms with E-state index in [4.69, 9.17) is 4.42 Å². The van der Waals surface area contributed by atoms with Gasteiger partial charge < -0.3 is 9.32 Å². The number of hydrogen-bond acceptors (Lipinski definition) is 2. The zero-order valence-corrected chi connectivity index (χ0v) is 31.9. The first-order valence-corrected chi connectivity index (χ1v) is 20.1. The maximum absolute atomic E-state index is 6.53. The average Bonchev–Trinajstić information content (AvgIpc) is 3.68. The summed E-state index contributed by atoms with van der Waals surface area (Å²) in [7, 11) is 0. The molecule has 11 rings (SSSR count). The van der Waals surface area contributed by atoms with Gasteiger partial charge in [-0.25, -0.2) is 0 Å². The van der Waals surface area contributed by atoms with Gasteiger partial charge in [0.15, 0.2) is 0 Å². The van der Waals surface area contributed by atoms with Gasteiger partial charge in [-0.3, -0.25) is 0 Å². The second-order valence-corrected chi connectivity index (χ2v) is 15.3. The van der Waals surface area contributed by atoms with Crippen molar-refractivity contribution in [1.29, 1.82) is 0 Å². The van der Waals surface area contributed by atoms with E-state index in [2.05, 4.69) is 223 Å². The van der Waals surface area contributed by atoms with Crippen LogP contribution in [0, 0.1) is 0 Å². The number of benzene rings is 9. The van der Waals surface area contributed by atoms with E-state index >= 15 is 0 Å². The Morgan fingerprint density at radius 2 is 1.14 bits per heavy atom. The lowest BCUT2D eigenvalue weighted by molar-refractivity contribution is 0.672. The van der Waals surface area contributed by atoms with Crippen LogP contribution in [-0.2, 0) is 0 Å². The average molecular weight is 742 g/mol. The second-order valence-electron chi connectivity index (χ2n) is 15.3. The summed E-state index contributed by atoms with van der Waals surface area (Å²) in [6, 6.07) is 72.3. The van der Waals surface area contributed by atoms with E-state index < -0.39 is 0 Å². The van der Waals surface area contributed by atoms with E-state index in [0.29, 0.717) is 5.92 Å². The minimum atomic E-state index is 0.294. The highest BCUT2D eigenvalue weighted by Crippen LogP contribution is 2.43. The molecule has 1 heterocycles. The second kappa shape index (κ2) is 14.3. The Hall–Kier alpha value is -7.42. The van der Waals surface area contributed by atoms with Crippen molar-refractivity contribution < 1.29 is 4.42 Å². The summed E-state index contributed by atoms with van der Waals surface area (Å²) < 4.78 is 6.53. The number of para-hydroxylation sites is 1. The molecular formula is C56H39NO. The van der Waals surface area contributed by atoms with Crippen molar-refractivity contribution in [3.8, 4) is 33.4 Å². The molecule has 0 bridgehead atoms. The maximum Gasteiger partial charge on any atom is 0.143 e. The van der Waals surface area contributed by atoms with Gasteiger partial charge >= 0.3 is 0 Å². The third kappa shape index (κ3) is 6.07. The molecular weight excluding hydrogens is 703 g/mol. The molecule has 1 aliphatic carbocycles. The van der Waals surface area contributed by atoms with Gasteiger partial charge in [0.05, 0.1) is 5.69 Å². The largest absolute Gasteiger partial charge is 0.455 e. The molecule has 0 spiro atoms. The summed E-state index contributed by atoms with van der Waals surface area (Å²) in [4.78, 5) is 2.44. The van der Waals surface area contributed by atoms with E-state index in [1.165, 1.54) is 44.0 Å². The van der Waals surface area contributed by atoms with Gasteiger partial charge in [-0.1, -0.05) is 170 Å². The highest BCUT2D eigenvalue weighted by atomic mass is 16.3. The van der Waals surface area contributed by atoms with Gasteiger partial charge in [-0.05, 0) is 105 Å². The summed E-state index contributed by atoms with van der Waals surface area (Å²) in [6.45, 7) is 0. The fraction of sp³-hybridized carbons (Fsp3) is 0.0357. The molecule has 1 atom stereocenters. The van der Waals surface area contributed by atoms with Crippen LogP contribution in [0.3, 0.4) is 0 Å². The molecule has 0 saturated carbocycles. The van der Waals surface area contributed by atoms with E-state index in [0.717, 1.165) is 61.9 Å². The molecule has 0 saturated heterocycles. The SMILES string of the molecule is C1=CC(c2ccc(-c3ccccc3)cc2)CC=C1N(c1cccc(-c2ccc3ccccc3c2)c1)c1ccccc1-c1ccc2oc3c4ccccc4ccc3c2c1. The fourth-order valence-corrected chi connectivity index (χ4v) is 8.78. The van der Waals surface area contributed by atoms with Crippen LogP contribution in [0.1, 0.15) is 17.9 Å². The summed E-state index contributed by atoms with van der Waals surface area (Å²) in [5.74, 6) is 0.294. The van der Waals surface area contributed by atoms with Crippen molar-refractivity contribution >= 4 is 54.9 Å². The van der Waals surface area contributed by atoms with Crippen molar-refractivity contribution in [2.24, 2.45) is 0 Å². The zero-order chi connectivity index (χ0) is 38.4. The summed E-state index contributed by atoms with van der Waals surface area (Å²) in [5, 5.41) is 7.06. The lowest BCUT2D eigenvalue weighted by Gasteiger charge is -2.31. The van der Waals surface area contributed by atoms with E-state index in [1.54, 1.807) is 0 Å². The highest BCUT2D eigenvalue weighted by Gasteiger charge is 2.22. The Kier molecular flexibility index (Phi) is 8.33. The molecule has 0 amide bonds. The van der Waals surface area contributed by atoms with Crippen LogP contribution in [0.25, 0.3) is 76.9 Å². The van der Waals surface area contributed by atoms with Crippen LogP contribution in [0.15, 0.2) is 229 Å². The Balaban J connectivity index is 1.01. The number of allylic oxidation sites excluding steroid dienone is 3. The van der Waals surface area contributed by atoms with Crippen molar-refractivity contribution in [1.82, 2.24) is 0 Å². The monoisotopic (exact) mass is 741 g/mol. The number of rotatable bonds is 7. The number of fused-ring (bicyclic) bond motifs is 6. The van der Waals surface area contributed by atoms with Gasteiger partial charge in [0.1, 0.15) is 11.2 Å². The smallest absolute Gasteiger partial charge is 0.143 e. The first-order valence-electron chi connectivity index (χ1n) is 20.1. The summed E-state index contributed by atoms with van der Waals surface area (Å²) in [6.07, 6.45) is 8.01. The molecule has 0 N–H and O–H groups in total. The minimum Gasteiger partial charge on any atom is -0.455 e. The normalized spacial score (nSPS) is 14.0. The van der Waals surface area contributed by atoms with Gasteiger partial charge in [0.2, 0.25) is 0 Å². The molecule has 0 fully saturated rings. The first kappa shape index (κ1) is 33.9. The fourth-order valence-electron chi connectivity index (χ4n) is 8.78. The van der Waals surface area contributed by atoms with Crippen LogP contribution in [-0.4, -0.2) is 0 Å². The standard InChI is InChI=1S/C56H39NO/c1-2-11-38(12-3-1)40-21-23-41(24-22-40)42-27-31-48(32-28-42)57(49-17-10-16-45(36-49)46-26-25-39-13-4-5-15-44(39)35-46)54-20-9-8-18-50(54)47-30-34-55-53(37-47)52-33-29-43-14-6-7-19-51(43)56(52)58-55/h1-27,29-37,42H,28H2. The number of nitrogens with zero attached hydrogens (tertiary/aromatic N) is 1. The van der Waals surface area contributed by atoms with Gasteiger partial charge in [-0.2, -0.15) is 0 Å². The van der Waals surface area contributed by atoms with Crippen LogP contribution in [0.5, 0.6) is 0 Å². The molecule has 10 aromatic rings. The molecule has 274 valence electrons. The molecule has 58 heavy (non-hydrogen) atoms. The van der Waals surface area contributed by atoms with E-state index in [9.17, 15) is 0 Å². The van der Waals surface area contributed by atoms with Gasteiger partial charge in [0, 0.05) is 39.0 Å². The molecule has 0 aliphatic heterocycles. The molecule has 1 unspecified atom stereocenters. The Labute approximate surface area is 338 Å². The van der Waals surface area contributed by atoms with Gasteiger partial charge in [-0.15, -0.1) is 0 Å². The van der Waals surface area contributed by atoms with Crippen LogP contribution in [0.4, 0.5) is 11.4 Å². The molecule has 2 heteroatoms. The predicted octanol–water partition coefficient (Wildman–Crippen LogP) is 15.7. The van der Waals surface area contributed by atoms with Crippen molar-refractivity contribution in [3.63, 3.8) is 0 Å². The molecule has 1 aromatic heterocycles. The quantitative estimate of drug-likeness (QED) is 0.162. The third-order valence-corrected chi connectivity index (χ3v) is 11.8. The van der Waals surface area contributed by atoms with Gasteiger partial charge in [0.25, 0.3) is 0 Å². The first-order chi connectivity index (χ1) is 28.7. The highest BCUT2D eigenvalue weighted by molar-refractivity contribution is 6.15.